The first kappa shape index (κ1) is 23.3. The summed E-state index contributed by atoms with van der Waals surface area (Å²) < 4.78 is 45.8. The van der Waals surface area contributed by atoms with Gasteiger partial charge in [-0.2, -0.15) is 4.31 Å². The summed E-state index contributed by atoms with van der Waals surface area (Å²) in [6.45, 7) is -0.630. The lowest BCUT2D eigenvalue weighted by molar-refractivity contribution is -0.150. The molecule has 3 N–H and O–H groups in total. The van der Waals surface area contributed by atoms with Gasteiger partial charge in [0.15, 0.2) is 6.61 Å². The van der Waals surface area contributed by atoms with Crippen molar-refractivity contribution in [2.45, 2.75) is 43.0 Å². The molecule has 1 fully saturated rings. The molecule has 2 aromatic rings. The molecular weight excluding hydrogens is 473 g/mol. The molecule has 1 aliphatic carbocycles. The van der Waals surface area contributed by atoms with Gasteiger partial charge in [-0.05, 0) is 49.8 Å². The van der Waals surface area contributed by atoms with Gasteiger partial charge in [0.25, 0.3) is 11.8 Å². The molecule has 2 heterocycles. The number of amides is 2. The number of primary amides is 1. The van der Waals surface area contributed by atoms with Crippen LogP contribution in [0.4, 0.5) is 9.39 Å². The fourth-order valence-corrected chi connectivity index (χ4v) is 7.22. The van der Waals surface area contributed by atoms with E-state index >= 15 is 0 Å². The molecule has 1 saturated heterocycles. The highest BCUT2D eigenvalue weighted by atomic mass is 32.2. The van der Waals surface area contributed by atoms with Crippen molar-refractivity contribution < 1.29 is 31.9 Å². The molecule has 1 unspecified atom stereocenters. The van der Waals surface area contributed by atoms with E-state index in [1.165, 1.54) is 23.5 Å². The average Bonchev–Trinajstić information content (AvgIpc) is 3.48. The Hall–Kier alpha value is -2.83. The molecule has 1 aromatic carbocycles. The first-order valence-electron chi connectivity index (χ1n) is 10.4. The van der Waals surface area contributed by atoms with E-state index in [0.29, 0.717) is 17.8 Å². The SMILES string of the molecule is NC(=O)c1c(NC(=O)COC(=O)C2CCCN2S(=O)(=O)c2ccccc2F)sc2c1CCC2. The monoisotopic (exact) mass is 495 g/mol. The van der Waals surface area contributed by atoms with Crippen LogP contribution >= 0.6 is 11.3 Å². The largest absolute Gasteiger partial charge is 0.454 e. The number of rotatable bonds is 7. The zero-order chi connectivity index (χ0) is 23.8. The smallest absolute Gasteiger partial charge is 0.324 e. The van der Waals surface area contributed by atoms with Gasteiger partial charge in [0.05, 0.1) is 5.56 Å². The molecule has 12 heteroatoms. The van der Waals surface area contributed by atoms with Gasteiger partial charge < -0.3 is 15.8 Å². The van der Waals surface area contributed by atoms with E-state index in [2.05, 4.69) is 5.32 Å². The van der Waals surface area contributed by atoms with Crippen LogP contribution in [0.5, 0.6) is 0 Å². The Morgan fingerprint density at radius 1 is 1.21 bits per heavy atom. The van der Waals surface area contributed by atoms with Crippen LogP contribution < -0.4 is 11.1 Å². The lowest BCUT2D eigenvalue weighted by atomic mass is 10.1. The molecule has 0 bridgehead atoms. The van der Waals surface area contributed by atoms with Crippen LogP contribution in [-0.2, 0) is 37.2 Å². The Bertz CT molecular complexity index is 1230. The molecule has 0 radical (unpaired) electrons. The number of carbonyl (C=O) groups is 3. The van der Waals surface area contributed by atoms with Crippen molar-refractivity contribution >= 4 is 44.1 Å². The molecule has 4 rings (SSSR count). The Kier molecular flexibility index (Phi) is 6.50. The molecule has 0 saturated carbocycles. The number of thiophene rings is 1. The van der Waals surface area contributed by atoms with Crippen molar-refractivity contribution in [2.24, 2.45) is 5.73 Å². The Labute approximate surface area is 193 Å². The number of nitrogens with one attached hydrogen (secondary N) is 1. The van der Waals surface area contributed by atoms with Gasteiger partial charge in [-0.25, -0.2) is 12.8 Å². The van der Waals surface area contributed by atoms with Crippen molar-refractivity contribution in [2.75, 3.05) is 18.5 Å². The number of halogens is 1. The summed E-state index contributed by atoms with van der Waals surface area (Å²) >= 11 is 1.27. The minimum Gasteiger partial charge on any atom is -0.454 e. The number of aryl methyl sites for hydroxylation is 1. The molecule has 1 aromatic heterocycles. The van der Waals surface area contributed by atoms with Gasteiger partial charge in [0.1, 0.15) is 21.8 Å². The number of esters is 1. The van der Waals surface area contributed by atoms with E-state index in [1.54, 1.807) is 0 Å². The number of nitrogens with two attached hydrogens (primary N) is 1. The van der Waals surface area contributed by atoms with E-state index in [-0.39, 0.29) is 18.5 Å². The summed E-state index contributed by atoms with van der Waals surface area (Å²) in [6.07, 6.45) is 3.02. The van der Waals surface area contributed by atoms with E-state index < -0.39 is 51.2 Å². The van der Waals surface area contributed by atoms with Gasteiger partial charge in [-0.3, -0.25) is 14.4 Å². The second kappa shape index (κ2) is 9.20. The van der Waals surface area contributed by atoms with E-state index in [0.717, 1.165) is 39.7 Å². The quantitative estimate of drug-likeness (QED) is 0.563. The average molecular weight is 496 g/mol. The maximum Gasteiger partial charge on any atom is 0.324 e. The number of hydrogen-bond donors (Lipinski definition) is 2. The van der Waals surface area contributed by atoms with Crippen LogP contribution in [0, 0.1) is 5.82 Å². The lowest BCUT2D eigenvalue weighted by Crippen LogP contribution is -2.42. The molecule has 2 aliphatic rings. The van der Waals surface area contributed by atoms with Crippen LogP contribution in [0.3, 0.4) is 0 Å². The summed E-state index contributed by atoms with van der Waals surface area (Å²) in [5.41, 5.74) is 6.60. The number of carbonyl (C=O) groups excluding carboxylic acids is 3. The molecule has 33 heavy (non-hydrogen) atoms. The highest BCUT2D eigenvalue weighted by Crippen LogP contribution is 2.38. The van der Waals surface area contributed by atoms with Crippen LogP contribution in [0.15, 0.2) is 29.2 Å². The van der Waals surface area contributed by atoms with Crippen LogP contribution in [0.25, 0.3) is 0 Å². The van der Waals surface area contributed by atoms with Gasteiger partial charge in [0, 0.05) is 11.4 Å². The normalized spacial score (nSPS) is 18.2. The predicted molar refractivity (Wildman–Crippen MR) is 118 cm³/mol. The maximum atomic E-state index is 14.1. The van der Waals surface area contributed by atoms with Crippen molar-refractivity contribution in [1.29, 1.82) is 0 Å². The third kappa shape index (κ3) is 4.50. The minimum atomic E-state index is -4.26. The zero-order valence-corrected chi connectivity index (χ0v) is 19.1. The van der Waals surface area contributed by atoms with Crippen LogP contribution in [0.1, 0.15) is 40.1 Å². The Morgan fingerprint density at radius 2 is 1.97 bits per heavy atom. The summed E-state index contributed by atoms with van der Waals surface area (Å²) in [5.74, 6) is -3.12. The Balaban J connectivity index is 1.41. The zero-order valence-electron chi connectivity index (χ0n) is 17.5. The Morgan fingerprint density at radius 3 is 2.70 bits per heavy atom. The predicted octanol–water partition coefficient (Wildman–Crippen LogP) is 1.81. The number of ether oxygens (including phenoxy) is 1. The van der Waals surface area contributed by atoms with E-state index in [9.17, 15) is 27.2 Å². The highest BCUT2D eigenvalue weighted by Gasteiger charge is 2.41. The van der Waals surface area contributed by atoms with Crippen LogP contribution in [-0.4, -0.2) is 49.7 Å². The topological polar surface area (TPSA) is 136 Å². The molecule has 1 aliphatic heterocycles. The second-order valence-corrected chi connectivity index (χ2v) is 10.7. The van der Waals surface area contributed by atoms with Gasteiger partial charge >= 0.3 is 5.97 Å². The number of fused-ring (bicyclic) bond motifs is 1. The molecular formula is C21H22FN3O6S2. The van der Waals surface area contributed by atoms with Crippen molar-refractivity contribution in [1.82, 2.24) is 4.31 Å². The third-order valence-corrected chi connectivity index (χ3v) is 8.81. The number of anilines is 1. The molecule has 0 spiro atoms. The minimum absolute atomic E-state index is 0.0331. The van der Waals surface area contributed by atoms with Gasteiger partial charge in [0.2, 0.25) is 10.0 Å². The molecule has 2 amide bonds. The number of sulfonamides is 1. The maximum absolute atomic E-state index is 14.1. The number of nitrogens with zero attached hydrogens (tertiary/aromatic N) is 1. The summed E-state index contributed by atoms with van der Waals surface area (Å²) in [6, 6.07) is 3.77. The number of hydrogen-bond acceptors (Lipinski definition) is 7. The van der Waals surface area contributed by atoms with Gasteiger partial charge in [-0.1, -0.05) is 12.1 Å². The number of benzene rings is 1. The van der Waals surface area contributed by atoms with Crippen molar-refractivity contribution in [3.8, 4) is 0 Å². The fourth-order valence-electron chi connectivity index (χ4n) is 4.19. The standard InChI is InChI=1S/C21H22FN3O6S2/c22-13-6-1-2-9-16(13)33(29,30)25-10-4-7-14(25)21(28)31-11-17(26)24-20-18(19(23)27)12-5-3-8-15(12)32-20/h1-2,6,9,14H,3-5,7-8,10-11H2,(H2,23,27)(H,24,26). The summed E-state index contributed by atoms with van der Waals surface area (Å²) in [7, 11) is -4.26. The lowest BCUT2D eigenvalue weighted by Gasteiger charge is -2.22. The summed E-state index contributed by atoms with van der Waals surface area (Å²) in [5, 5.41) is 2.88. The summed E-state index contributed by atoms with van der Waals surface area (Å²) in [4.78, 5) is 37.3. The second-order valence-electron chi connectivity index (χ2n) is 7.79. The van der Waals surface area contributed by atoms with Crippen molar-refractivity contribution in [3.05, 3.63) is 46.1 Å². The van der Waals surface area contributed by atoms with E-state index in [4.69, 9.17) is 10.5 Å². The van der Waals surface area contributed by atoms with Gasteiger partial charge in [-0.15, -0.1) is 11.3 Å². The fraction of sp³-hybridized carbons (Fsp3) is 0.381. The van der Waals surface area contributed by atoms with Crippen LogP contribution in [0.2, 0.25) is 0 Å². The first-order chi connectivity index (χ1) is 15.7. The molecule has 1 atom stereocenters. The van der Waals surface area contributed by atoms with E-state index in [1.807, 2.05) is 0 Å². The first-order valence-corrected chi connectivity index (χ1v) is 12.6. The molecule has 176 valence electrons. The third-order valence-electron chi connectivity index (χ3n) is 5.67. The molecule has 9 nitrogen and oxygen atoms in total. The highest BCUT2D eigenvalue weighted by molar-refractivity contribution is 7.89. The van der Waals surface area contributed by atoms with Crippen molar-refractivity contribution in [3.63, 3.8) is 0 Å².